The predicted molar refractivity (Wildman–Crippen MR) is 157 cm³/mol. The van der Waals surface area contributed by atoms with Gasteiger partial charge in [-0.1, -0.05) is 70.1 Å². The van der Waals surface area contributed by atoms with Crippen LogP contribution >= 0.6 is 11.6 Å². The molecule has 1 aromatic carbocycles. The Morgan fingerprint density at radius 2 is 1.77 bits per heavy atom. The number of halogens is 1. The van der Waals surface area contributed by atoms with Gasteiger partial charge in [0.25, 0.3) is 0 Å². The summed E-state index contributed by atoms with van der Waals surface area (Å²) in [7, 11) is 3.00. The molecule has 0 saturated carbocycles. The number of methoxy groups -OCH3 is 2. The number of hydrogen-bond donors (Lipinski definition) is 0. The van der Waals surface area contributed by atoms with Crippen molar-refractivity contribution in [1.82, 2.24) is 4.90 Å². The van der Waals surface area contributed by atoms with Crippen LogP contribution in [0.5, 0.6) is 0 Å². The van der Waals surface area contributed by atoms with Crippen LogP contribution in [0.3, 0.4) is 0 Å². The molecule has 4 rings (SSSR count). The highest BCUT2D eigenvalue weighted by atomic mass is 35.5. The lowest BCUT2D eigenvalue weighted by atomic mass is 9.67. The van der Waals surface area contributed by atoms with E-state index in [1.807, 2.05) is 0 Å². The van der Waals surface area contributed by atoms with Gasteiger partial charge in [0.05, 0.1) is 31.5 Å². The van der Waals surface area contributed by atoms with Crippen molar-refractivity contribution >= 4 is 29.2 Å². The Morgan fingerprint density at radius 1 is 1.08 bits per heavy atom. The minimum atomic E-state index is -0.551. The molecule has 0 aliphatic carbocycles. The lowest BCUT2D eigenvalue weighted by Crippen LogP contribution is -2.55. The van der Waals surface area contributed by atoms with Crippen molar-refractivity contribution in [1.29, 1.82) is 0 Å². The van der Waals surface area contributed by atoms with Gasteiger partial charge in [-0.3, -0.25) is 9.69 Å². The smallest absolute Gasteiger partial charge is 0.337 e. The number of carbonyl (C=O) groups is 2. The lowest BCUT2D eigenvalue weighted by Gasteiger charge is -2.45. The van der Waals surface area contributed by atoms with Crippen LogP contribution in [0.2, 0.25) is 0 Å². The van der Waals surface area contributed by atoms with E-state index in [9.17, 15) is 9.59 Å². The summed E-state index contributed by atoms with van der Waals surface area (Å²) in [6.07, 6.45) is 13.6. The van der Waals surface area contributed by atoms with E-state index < -0.39 is 5.41 Å². The van der Waals surface area contributed by atoms with Crippen molar-refractivity contribution in [2.75, 3.05) is 44.6 Å². The summed E-state index contributed by atoms with van der Waals surface area (Å²) in [4.78, 5) is 31.8. The minimum Gasteiger partial charge on any atom is -0.504 e. The molecule has 1 amide bonds. The van der Waals surface area contributed by atoms with Crippen molar-refractivity contribution in [2.45, 2.75) is 89.0 Å². The summed E-state index contributed by atoms with van der Waals surface area (Å²) >= 11 is 5.78. The monoisotopic (exact) mass is 558 g/mol. The molecule has 39 heavy (non-hydrogen) atoms. The number of esters is 1. The van der Waals surface area contributed by atoms with E-state index >= 15 is 0 Å². The second-order valence-corrected chi connectivity index (χ2v) is 11.9. The number of unbranched alkanes of at least 4 members (excludes halogenated alkanes) is 7. The van der Waals surface area contributed by atoms with E-state index in [0.717, 1.165) is 69.7 Å². The molecule has 2 fully saturated rings. The second-order valence-electron chi connectivity index (χ2n) is 11.5. The highest BCUT2D eigenvalue weighted by molar-refractivity contribution is 6.17. The van der Waals surface area contributed by atoms with Gasteiger partial charge >= 0.3 is 5.97 Å². The molecule has 1 aromatic rings. The standard InChI is InChI=1S/C32H47ClN2O4/c1-4-24-22-34-20-17-32(29(34)21-25(24)26(23-38-2)30(36)39-3)27-15-11-12-16-28(27)35(31(32)37)19-14-10-8-6-5-7-9-13-18-33/h11-12,15-16,23-25,29H,4-10,13-14,17-22H2,1-3H3/b26-23+/t24-,25-,29?,32+/m0/s1. The number of ether oxygens (including phenoxy) is 2. The molecule has 0 radical (unpaired) electrons. The molecule has 7 heteroatoms. The minimum absolute atomic E-state index is 0.00271. The van der Waals surface area contributed by atoms with E-state index in [4.69, 9.17) is 21.1 Å². The zero-order valence-corrected chi connectivity index (χ0v) is 24.9. The van der Waals surface area contributed by atoms with Crippen LogP contribution < -0.4 is 4.90 Å². The van der Waals surface area contributed by atoms with Crippen molar-refractivity contribution in [2.24, 2.45) is 11.8 Å². The van der Waals surface area contributed by atoms with Gasteiger partial charge in [-0.2, -0.15) is 0 Å². The number of fused-ring (bicyclic) bond motifs is 4. The third-order valence-corrected chi connectivity index (χ3v) is 9.74. The average Bonchev–Trinajstić information content (AvgIpc) is 3.45. The Balaban J connectivity index is 1.50. The number of nitrogens with zero attached hydrogens (tertiary/aromatic N) is 2. The van der Waals surface area contributed by atoms with Crippen LogP contribution in [0.1, 0.15) is 83.1 Å². The van der Waals surface area contributed by atoms with Crippen LogP contribution in [-0.4, -0.2) is 62.6 Å². The fourth-order valence-corrected chi connectivity index (χ4v) is 7.66. The first-order valence-electron chi connectivity index (χ1n) is 15.1. The third kappa shape index (κ3) is 6.02. The van der Waals surface area contributed by atoms with Crippen LogP contribution in [0.25, 0.3) is 0 Å². The van der Waals surface area contributed by atoms with Crippen LogP contribution in [0.15, 0.2) is 36.1 Å². The van der Waals surface area contributed by atoms with Crippen molar-refractivity contribution in [3.05, 3.63) is 41.7 Å². The van der Waals surface area contributed by atoms with Gasteiger partial charge in [0, 0.05) is 30.7 Å². The van der Waals surface area contributed by atoms with Gasteiger partial charge in [0.15, 0.2) is 0 Å². The normalized spacial score (nSPS) is 26.7. The van der Waals surface area contributed by atoms with E-state index in [2.05, 4.69) is 41.0 Å². The van der Waals surface area contributed by atoms with Crippen LogP contribution in [-0.2, 0) is 24.5 Å². The fourth-order valence-electron chi connectivity index (χ4n) is 7.47. The first-order valence-corrected chi connectivity index (χ1v) is 15.6. The number of piperidine rings is 1. The molecule has 3 heterocycles. The molecular weight excluding hydrogens is 512 g/mol. The predicted octanol–water partition coefficient (Wildman–Crippen LogP) is 6.45. The molecule has 4 atom stereocenters. The van der Waals surface area contributed by atoms with E-state index in [0.29, 0.717) is 11.5 Å². The summed E-state index contributed by atoms with van der Waals surface area (Å²) in [5.74, 6) is 0.995. The molecule has 1 spiro atoms. The zero-order valence-electron chi connectivity index (χ0n) is 24.1. The largest absolute Gasteiger partial charge is 0.504 e. The summed E-state index contributed by atoms with van der Waals surface area (Å²) in [6.45, 7) is 4.75. The van der Waals surface area contributed by atoms with Crippen LogP contribution in [0, 0.1) is 11.8 Å². The topological polar surface area (TPSA) is 59.1 Å². The Hall–Kier alpha value is -2.05. The molecule has 0 N–H and O–H groups in total. The fraction of sp³-hybridized carbons (Fsp3) is 0.688. The first-order chi connectivity index (χ1) is 19.0. The van der Waals surface area contributed by atoms with E-state index in [-0.39, 0.29) is 23.8 Å². The van der Waals surface area contributed by atoms with Crippen molar-refractivity contribution in [3.8, 4) is 0 Å². The first kappa shape index (κ1) is 29.9. The van der Waals surface area contributed by atoms with E-state index in [1.54, 1.807) is 13.4 Å². The molecule has 216 valence electrons. The quantitative estimate of drug-likeness (QED) is 0.0862. The molecule has 6 nitrogen and oxygen atoms in total. The van der Waals surface area contributed by atoms with Crippen LogP contribution in [0.4, 0.5) is 5.69 Å². The number of amides is 1. The Labute approximate surface area is 240 Å². The summed E-state index contributed by atoms with van der Waals surface area (Å²) in [5, 5.41) is 0. The Bertz CT molecular complexity index is 1010. The van der Waals surface area contributed by atoms with Crippen molar-refractivity contribution in [3.63, 3.8) is 0 Å². The highest BCUT2D eigenvalue weighted by Gasteiger charge is 2.62. The number of hydrogen-bond acceptors (Lipinski definition) is 5. The average molecular weight is 559 g/mol. The summed E-state index contributed by atoms with van der Waals surface area (Å²) in [5.41, 5.74) is 2.29. The number of carbonyl (C=O) groups excluding carboxylic acids is 2. The second kappa shape index (κ2) is 14.0. The zero-order chi connectivity index (χ0) is 27.8. The lowest BCUT2D eigenvalue weighted by molar-refractivity contribution is -0.137. The number of alkyl halides is 1. The SMILES string of the molecule is CC[C@H]1CN2CC[C@]3(C(=O)N(CCCCCCCCCCCl)c4ccccc43)C2C[C@@H]1/C(=C\OC)C(=O)OC. The summed E-state index contributed by atoms with van der Waals surface area (Å²) in [6, 6.07) is 8.48. The van der Waals surface area contributed by atoms with Gasteiger partial charge in [0.2, 0.25) is 5.91 Å². The maximum absolute atomic E-state index is 14.4. The molecule has 2 saturated heterocycles. The maximum atomic E-state index is 14.4. The Kier molecular flexibility index (Phi) is 10.8. The van der Waals surface area contributed by atoms with Gasteiger partial charge in [0.1, 0.15) is 0 Å². The number of anilines is 1. The number of benzene rings is 1. The van der Waals surface area contributed by atoms with Gasteiger partial charge in [-0.25, -0.2) is 4.79 Å². The number of rotatable bonds is 14. The molecule has 3 aliphatic heterocycles. The summed E-state index contributed by atoms with van der Waals surface area (Å²) < 4.78 is 10.5. The molecule has 3 aliphatic rings. The van der Waals surface area contributed by atoms with Gasteiger partial charge in [-0.05, 0) is 55.7 Å². The maximum Gasteiger partial charge on any atom is 0.337 e. The molecule has 0 bridgehead atoms. The number of para-hydroxylation sites is 1. The molecular formula is C32H47ClN2O4. The van der Waals surface area contributed by atoms with E-state index in [1.165, 1.54) is 44.8 Å². The van der Waals surface area contributed by atoms with Crippen molar-refractivity contribution < 1.29 is 19.1 Å². The third-order valence-electron chi connectivity index (χ3n) is 9.48. The Morgan fingerprint density at radius 3 is 2.44 bits per heavy atom. The molecule has 0 aromatic heterocycles. The van der Waals surface area contributed by atoms with Gasteiger partial charge in [-0.15, -0.1) is 11.6 Å². The highest BCUT2D eigenvalue weighted by Crippen LogP contribution is 2.55. The van der Waals surface area contributed by atoms with Gasteiger partial charge < -0.3 is 14.4 Å². The molecule has 1 unspecified atom stereocenters.